The number of carboxylic acid groups (broad SMARTS) is 1. The van der Waals surface area contributed by atoms with E-state index in [4.69, 9.17) is 15.6 Å². The first kappa shape index (κ1) is 12.5. The van der Waals surface area contributed by atoms with Crippen molar-refractivity contribution >= 4 is 5.97 Å². The number of hydrogen-bond donors (Lipinski definition) is 2. The highest BCUT2D eigenvalue weighted by Gasteiger charge is 2.14. The van der Waals surface area contributed by atoms with Gasteiger partial charge in [0, 0.05) is 6.04 Å². The summed E-state index contributed by atoms with van der Waals surface area (Å²) in [6.45, 7) is 5.27. The summed E-state index contributed by atoms with van der Waals surface area (Å²) in [5, 5.41) is 8.73. The molecule has 16 heavy (non-hydrogen) atoms. The minimum absolute atomic E-state index is 0.0374. The third-order valence-electron chi connectivity index (χ3n) is 2.38. The van der Waals surface area contributed by atoms with Crippen molar-refractivity contribution in [3.8, 4) is 5.75 Å². The summed E-state index contributed by atoms with van der Waals surface area (Å²) in [5.74, 6) is -0.394. The highest BCUT2D eigenvalue weighted by Crippen LogP contribution is 2.22. The Bertz CT molecular complexity index is 388. The van der Waals surface area contributed by atoms with Gasteiger partial charge in [0.05, 0.1) is 0 Å². The van der Waals surface area contributed by atoms with Gasteiger partial charge >= 0.3 is 5.97 Å². The summed E-state index contributed by atoms with van der Waals surface area (Å²) >= 11 is 0. The number of hydrogen-bond acceptors (Lipinski definition) is 3. The lowest BCUT2D eigenvalue weighted by Crippen LogP contribution is -2.23. The van der Waals surface area contributed by atoms with E-state index in [0.29, 0.717) is 5.75 Å². The second-order valence-electron chi connectivity index (χ2n) is 3.91. The van der Waals surface area contributed by atoms with Crippen molar-refractivity contribution in [1.29, 1.82) is 0 Å². The molecule has 4 nitrogen and oxygen atoms in total. The van der Waals surface area contributed by atoms with E-state index in [9.17, 15) is 4.79 Å². The Kier molecular flexibility index (Phi) is 3.90. The molecule has 1 aromatic rings. The lowest BCUT2D eigenvalue weighted by atomic mass is 10.1. The van der Waals surface area contributed by atoms with Gasteiger partial charge in [-0.15, -0.1) is 0 Å². The molecule has 0 radical (unpaired) electrons. The fraction of sp³-hybridized carbons (Fsp3) is 0.417. The fourth-order valence-corrected chi connectivity index (χ4v) is 1.33. The van der Waals surface area contributed by atoms with Gasteiger partial charge in [-0.3, -0.25) is 0 Å². The lowest BCUT2D eigenvalue weighted by Gasteiger charge is -2.14. The summed E-state index contributed by atoms with van der Waals surface area (Å²) in [7, 11) is 0. The van der Waals surface area contributed by atoms with Crippen LogP contribution in [-0.2, 0) is 4.79 Å². The van der Waals surface area contributed by atoms with E-state index in [2.05, 4.69) is 0 Å². The molecule has 4 heteroatoms. The number of nitrogens with two attached hydrogens (primary N) is 1. The smallest absolute Gasteiger partial charge is 0.344 e. The number of rotatable bonds is 4. The van der Waals surface area contributed by atoms with Crippen LogP contribution in [0.4, 0.5) is 0 Å². The molecule has 0 bridgehead atoms. The molecule has 0 aliphatic heterocycles. The molecule has 1 rings (SSSR count). The maximum atomic E-state index is 10.6. The van der Waals surface area contributed by atoms with Crippen molar-refractivity contribution in [3.05, 3.63) is 29.3 Å². The van der Waals surface area contributed by atoms with Gasteiger partial charge < -0.3 is 15.6 Å². The summed E-state index contributed by atoms with van der Waals surface area (Å²) in [6, 6.07) is 5.48. The minimum Gasteiger partial charge on any atom is -0.479 e. The summed E-state index contributed by atoms with van der Waals surface area (Å²) in [4.78, 5) is 10.6. The number of aliphatic carboxylic acids is 1. The van der Waals surface area contributed by atoms with Gasteiger partial charge in [0.25, 0.3) is 0 Å². The van der Waals surface area contributed by atoms with Crippen LogP contribution in [0.1, 0.15) is 31.0 Å². The van der Waals surface area contributed by atoms with Crippen molar-refractivity contribution in [2.45, 2.75) is 32.9 Å². The van der Waals surface area contributed by atoms with Gasteiger partial charge in [-0.25, -0.2) is 4.79 Å². The molecular formula is C12H17NO3. The largest absolute Gasteiger partial charge is 0.479 e. The van der Waals surface area contributed by atoms with E-state index in [1.807, 2.05) is 26.0 Å². The van der Waals surface area contributed by atoms with E-state index in [0.717, 1.165) is 11.1 Å². The molecule has 1 unspecified atom stereocenters. The zero-order valence-electron chi connectivity index (χ0n) is 9.73. The number of aryl methyl sites for hydroxylation is 1. The summed E-state index contributed by atoms with van der Waals surface area (Å²) in [6.07, 6.45) is -0.847. The molecule has 2 atom stereocenters. The van der Waals surface area contributed by atoms with Crippen LogP contribution in [0.15, 0.2) is 18.2 Å². The Labute approximate surface area is 95.0 Å². The molecule has 0 saturated heterocycles. The first-order chi connectivity index (χ1) is 7.41. The van der Waals surface area contributed by atoms with Gasteiger partial charge in [-0.2, -0.15) is 0 Å². The Morgan fingerprint density at radius 2 is 2.06 bits per heavy atom. The van der Waals surface area contributed by atoms with Crippen LogP contribution in [0.25, 0.3) is 0 Å². The normalized spacial score (nSPS) is 14.2. The van der Waals surface area contributed by atoms with E-state index in [1.54, 1.807) is 6.07 Å². The minimum atomic E-state index is -0.976. The molecule has 0 aliphatic carbocycles. The molecule has 0 heterocycles. The number of carbonyl (C=O) groups is 1. The molecular weight excluding hydrogens is 206 g/mol. The van der Waals surface area contributed by atoms with E-state index in [1.165, 1.54) is 6.92 Å². The first-order valence-electron chi connectivity index (χ1n) is 5.17. The Balaban J connectivity index is 2.87. The molecule has 0 aromatic heterocycles. The Morgan fingerprint density at radius 3 is 2.50 bits per heavy atom. The highest BCUT2D eigenvalue weighted by molar-refractivity contribution is 5.72. The SMILES string of the molecule is Cc1cc([C@H](C)N)ccc1OC(C)C(=O)O. The maximum Gasteiger partial charge on any atom is 0.344 e. The lowest BCUT2D eigenvalue weighted by molar-refractivity contribution is -0.144. The van der Waals surface area contributed by atoms with Gasteiger partial charge in [-0.05, 0) is 38.0 Å². The van der Waals surface area contributed by atoms with Crippen LogP contribution >= 0.6 is 0 Å². The second-order valence-corrected chi connectivity index (χ2v) is 3.91. The third kappa shape index (κ3) is 2.97. The molecule has 88 valence electrons. The molecule has 1 aromatic carbocycles. The Hall–Kier alpha value is -1.55. The third-order valence-corrected chi connectivity index (χ3v) is 2.38. The molecule has 3 N–H and O–H groups in total. The first-order valence-corrected chi connectivity index (χ1v) is 5.17. The number of carboxylic acids is 1. The molecule has 0 fully saturated rings. The quantitative estimate of drug-likeness (QED) is 0.817. The van der Waals surface area contributed by atoms with Crippen LogP contribution in [0.5, 0.6) is 5.75 Å². The predicted octanol–water partition coefficient (Wildman–Crippen LogP) is 1.87. The summed E-state index contributed by atoms with van der Waals surface area (Å²) in [5.41, 5.74) is 7.65. The number of benzene rings is 1. The standard InChI is InChI=1S/C12H17NO3/c1-7-6-10(8(2)13)4-5-11(7)16-9(3)12(14)15/h4-6,8-9H,13H2,1-3H3,(H,14,15)/t8-,9?/m0/s1. The van der Waals surface area contributed by atoms with E-state index < -0.39 is 12.1 Å². The average Bonchev–Trinajstić information content (AvgIpc) is 2.20. The summed E-state index contributed by atoms with van der Waals surface area (Å²) < 4.78 is 5.30. The highest BCUT2D eigenvalue weighted by atomic mass is 16.5. The maximum absolute atomic E-state index is 10.6. The van der Waals surface area contributed by atoms with Crippen molar-refractivity contribution in [2.75, 3.05) is 0 Å². The van der Waals surface area contributed by atoms with Gasteiger partial charge in [0.15, 0.2) is 6.10 Å². The van der Waals surface area contributed by atoms with Gasteiger partial charge in [-0.1, -0.05) is 12.1 Å². The van der Waals surface area contributed by atoms with Crippen molar-refractivity contribution < 1.29 is 14.6 Å². The molecule has 0 spiro atoms. The molecule has 0 aliphatic rings. The zero-order valence-corrected chi connectivity index (χ0v) is 9.73. The molecule has 0 saturated carbocycles. The van der Waals surface area contributed by atoms with Gasteiger partial charge in [0.1, 0.15) is 5.75 Å². The van der Waals surface area contributed by atoms with E-state index in [-0.39, 0.29) is 6.04 Å². The second kappa shape index (κ2) is 4.99. The predicted molar refractivity (Wildman–Crippen MR) is 61.5 cm³/mol. The molecule has 0 amide bonds. The van der Waals surface area contributed by atoms with Crippen LogP contribution in [0, 0.1) is 6.92 Å². The monoisotopic (exact) mass is 223 g/mol. The van der Waals surface area contributed by atoms with Crippen LogP contribution in [0.2, 0.25) is 0 Å². The van der Waals surface area contributed by atoms with Crippen LogP contribution < -0.4 is 10.5 Å². The van der Waals surface area contributed by atoms with Crippen LogP contribution in [-0.4, -0.2) is 17.2 Å². The van der Waals surface area contributed by atoms with Crippen molar-refractivity contribution in [2.24, 2.45) is 5.73 Å². The van der Waals surface area contributed by atoms with Crippen molar-refractivity contribution in [1.82, 2.24) is 0 Å². The average molecular weight is 223 g/mol. The topological polar surface area (TPSA) is 72.5 Å². The van der Waals surface area contributed by atoms with E-state index >= 15 is 0 Å². The Morgan fingerprint density at radius 1 is 1.44 bits per heavy atom. The van der Waals surface area contributed by atoms with Crippen LogP contribution in [0.3, 0.4) is 0 Å². The van der Waals surface area contributed by atoms with Gasteiger partial charge in [0.2, 0.25) is 0 Å². The zero-order chi connectivity index (χ0) is 12.3. The van der Waals surface area contributed by atoms with Crippen molar-refractivity contribution in [3.63, 3.8) is 0 Å². The number of ether oxygens (including phenoxy) is 1. The fourth-order valence-electron chi connectivity index (χ4n) is 1.33.